The fraction of sp³-hybridized carbons (Fsp3) is 0.273. The van der Waals surface area contributed by atoms with Gasteiger partial charge in [0.25, 0.3) is 5.91 Å². The summed E-state index contributed by atoms with van der Waals surface area (Å²) in [5.74, 6) is 0.731. The maximum atomic E-state index is 12.4. The molecule has 0 fully saturated rings. The fourth-order valence-corrected chi connectivity index (χ4v) is 3.47. The third-order valence-electron chi connectivity index (χ3n) is 4.33. The van der Waals surface area contributed by atoms with Crippen molar-refractivity contribution >= 4 is 17.2 Å². The van der Waals surface area contributed by atoms with Crippen LogP contribution in [0.2, 0.25) is 0 Å². The van der Waals surface area contributed by atoms with Crippen LogP contribution >= 0.6 is 11.3 Å². The van der Waals surface area contributed by atoms with Gasteiger partial charge in [0.15, 0.2) is 0 Å². The first-order chi connectivity index (χ1) is 12.9. The number of benzene rings is 2. The molecule has 0 spiro atoms. The molecular weight excluding hydrogens is 356 g/mol. The molecule has 0 atom stereocenters. The van der Waals surface area contributed by atoms with Gasteiger partial charge in [-0.3, -0.25) is 4.79 Å². The van der Waals surface area contributed by atoms with Crippen LogP contribution in [0.25, 0.3) is 10.6 Å². The van der Waals surface area contributed by atoms with E-state index in [0.717, 1.165) is 22.0 Å². The molecular formula is C22H24N2O2S. The highest BCUT2D eigenvalue weighted by molar-refractivity contribution is 7.13. The van der Waals surface area contributed by atoms with Gasteiger partial charge < -0.3 is 10.1 Å². The van der Waals surface area contributed by atoms with E-state index < -0.39 is 0 Å². The molecule has 1 amide bonds. The molecule has 0 aliphatic rings. The van der Waals surface area contributed by atoms with E-state index in [4.69, 9.17) is 4.74 Å². The SMILES string of the molecule is COc1ccc(-c2nc(CNC(=O)c3ccc(C(C)(C)C)cc3)cs2)cc1. The largest absolute Gasteiger partial charge is 0.497 e. The lowest BCUT2D eigenvalue weighted by Crippen LogP contribution is -2.23. The van der Waals surface area contributed by atoms with Crippen LogP contribution in [0.3, 0.4) is 0 Å². The lowest BCUT2D eigenvalue weighted by atomic mass is 9.87. The third kappa shape index (κ3) is 4.74. The van der Waals surface area contributed by atoms with Crippen molar-refractivity contribution in [3.63, 3.8) is 0 Å². The van der Waals surface area contributed by atoms with Crippen molar-refractivity contribution in [1.29, 1.82) is 0 Å². The van der Waals surface area contributed by atoms with Gasteiger partial charge in [0.05, 0.1) is 19.3 Å². The topological polar surface area (TPSA) is 51.2 Å². The summed E-state index contributed by atoms with van der Waals surface area (Å²) in [7, 11) is 1.65. The zero-order valence-corrected chi connectivity index (χ0v) is 16.9. The standard InChI is InChI=1S/C22H24N2O2S/c1-22(2,3)17-9-5-15(6-10-17)20(25)23-13-18-14-27-21(24-18)16-7-11-19(26-4)12-8-16/h5-12,14H,13H2,1-4H3,(H,23,25). The van der Waals surface area contributed by atoms with Crippen molar-refractivity contribution in [2.75, 3.05) is 7.11 Å². The minimum Gasteiger partial charge on any atom is -0.497 e. The van der Waals surface area contributed by atoms with Gasteiger partial charge in [0.2, 0.25) is 0 Å². The van der Waals surface area contributed by atoms with Crippen molar-refractivity contribution in [2.24, 2.45) is 0 Å². The average molecular weight is 381 g/mol. The number of rotatable bonds is 5. The summed E-state index contributed by atoms with van der Waals surface area (Å²) in [6.07, 6.45) is 0. The number of carbonyl (C=O) groups excluding carboxylic acids is 1. The first-order valence-corrected chi connectivity index (χ1v) is 9.72. The van der Waals surface area contributed by atoms with E-state index in [9.17, 15) is 4.79 Å². The van der Waals surface area contributed by atoms with E-state index in [1.165, 1.54) is 5.56 Å². The molecule has 0 aliphatic carbocycles. The molecule has 27 heavy (non-hydrogen) atoms. The second-order valence-corrected chi connectivity index (χ2v) is 8.24. The molecule has 0 saturated heterocycles. The van der Waals surface area contributed by atoms with E-state index >= 15 is 0 Å². The number of ether oxygens (including phenoxy) is 1. The Balaban J connectivity index is 1.61. The second kappa shape index (κ2) is 7.92. The summed E-state index contributed by atoms with van der Waals surface area (Å²) in [6.45, 7) is 6.88. The Labute approximate surface area is 164 Å². The Morgan fingerprint density at radius 2 is 1.74 bits per heavy atom. The molecule has 3 aromatic rings. The maximum Gasteiger partial charge on any atom is 0.251 e. The molecule has 2 aromatic carbocycles. The van der Waals surface area contributed by atoms with Crippen LogP contribution < -0.4 is 10.1 Å². The molecule has 0 aliphatic heterocycles. The van der Waals surface area contributed by atoms with Gasteiger partial charge in [-0.25, -0.2) is 4.98 Å². The minimum absolute atomic E-state index is 0.0768. The van der Waals surface area contributed by atoms with Gasteiger partial charge in [-0.1, -0.05) is 32.9 Å². The van der Waals surface area contributed by atoms with Crippen LogP contribution in [0, 0.1) is 0 Å². The average Bonchev–Trinajstić information content (AvgIpc) is 3.14. The number of nitrogens with one attached hydrogen (secondary N) is 1. The van der Waals surface area contributed by atoms with Gasteiger partial charge in [0.1, 0.15) is 10.8 Å². The normalized spacial score (nSPS) is 11.3. The van der Waals surface area contributed by atoms with Crippen LogP contribution in [0.4, 0.5) is 0 Å². The molecule has 140 valence electrons. The van der Waals surface area contributed by atoms with E-state index in [2.05, 4.69) is 31.1 Å². The number of hydrogen-bond acceptors (Lipinski definition) is 4. The van der Waals surface area contributed by atoms with Gasteiger partial charge in [-0.2, -0.15) is 0 Å². The van der Waals surface area contributed by atoms with Crippen LogP contribution in [0.15, 0.2) is 53.9 Å². The Morgan fingerprint density at radius 1 is 1.07 bits per heavy atom. The molecule has 3 rings (SSSR count). The van der Waals surface area contributed by atoms with E-state index in [0.29, 0.717) is 12.1 Å². The molecule has 1 heterocycles. The molecule has 4 nitrogen and oxygen atoms in total. The zero-order valence-electron chi connectivity index (χ0n) is 16.1. The number of hydrogen-bond donors (Lipinski definition) is 1. The second-order valence-electron chi connectivity index (χ2n) is 7.38. The Hall–Kier alpha value is -2.66. The van der Waals surface area contributed by atoms with Crippen molar-refractivity contribution in [3.05, 3.63) is 70.7 Å². The fourth-order valence-electron chi connectivity index (χ4n) is 2.65. The molecule has 1 aromatic heterocycles. The van der Waals surface area contributed by atoms with Crippen LogP contribution in [0.5, 0.6) is 5.75 Å². The van der Waals surface area contributed by atoms with E-state index in [1.807, 2.05) is 53.9 Å². The Kier molecular flexibility index (Phi) is 5.61. The summed E-state index contributed by atoms with van der Waals surface area (Å²) >= 11 is 1.57. The van der Waals surface area contributed by atoms with Crippen LogP contribution in [-0.4, -0.2) is 18.0 Å². The molecule has 0 radical (unpaired) electrons. The molecule has 1 N–H and O–H groups in total. The number of carbonyl (C=O) groups is 1. The van der Waals surface area contributed by atoms with Crippen LogP contribution in [0.1, 0.15) is 42.4 Å². The number of methoxy groups -OCH3 is 1. The van der Waals surface area contributed by atoms with Crippen molar-refractivity contribution < 1.29 is 9.53 Å². The van der Waals surface area contributed by atoms with Gasteiger partial charge in [-0.05, 0) is 47.4 Å². The number of nitrogens with zero attached hydrogens (tertiary/aromatic N) is 1. The van der Waals surface area contributed by atoms with E-state index in [1.54, 1.807) is 18.4 Å². The Morgan fingerprint density at radius 3 is 2.33 bits per heavy atom. The van der Waals surface area contributed by atoms with Crippen molar-refractivity contribution in [2.45, 2.75) is 32.7 Å². The van der Waals surface area contributed by atoms with Gasteiger partial charge >= 0.3 is 0 Å². The number of thiazole rings is 1. The first kappa shape index (κ1) is 19.1. The monoisotopic (exact) mass is 380 g/mol. The number of aromatic nitrogens is 1. The molecule has 0 unspecified atom stereocenters. The van der Waals surface area contributed by atoms with E-state index in [-0.39, 0.29) is 11.3 Å². The highest BCUT2D eigenvalue weighted by Gasteiger charge is 2.14. The summed E-state index contributed by atoms with van der Waals surface area (Å²) in [6, 6.07) is 15.6. The summed E-state index contributed by atoms with van der Waals surface area (Å²) in [5, 5.41) is 5.84. The lowest BCUT2D eigenvalue weighted by Gasteiger charge is -2.19. The summed E-state index contributed by atoms with van der Waals surface area (Å²) in [5.41, 5.74) is 3.84. The van der Waals surface area contributed by atoms with Crippen molar-refractivity contribution in [1.82, 2.24) is 10.3 Å². The predicted octanol–water partition coefficient (Wildman–Crippen LogP) is 5.05. The lowest BCUT2D eigenvalue weighted by molar-refractivity contribution is 0.0950. The molecule has 0 saturated carbocycles. The highest BCUT2D eigenvalue weighted by Crippen LogP contribution is 2.26. The molecule has 0 bridgehead atoms. The first-order valence-electron chi connectivity index (χ1n) is 8.84. The third-order valence-corrected chi connectivity index (χ3v) is 5.27. The quantitative estimate of drug-likeness (QED) is 0.674. The predicted molar refractivity (Wildman–Crippen MR) is 110 cm³/mol. The van der Waals surface area contributed by atoms with Gasteiger partial charge in [-0.15, -0.1) is 11.3 Å². The van der Waals surface area contributed by atoms with Crippen LogP contribution in [-0.2, 0) is 12.0 Å². The molecule has 5 heteroatoms. The smallest absolute Gasteiger partial charge is 0.251 e. The minimum atomic E-state index is -0.0885. The number of amides is 1. The summed E-state index contributed by atoms with van der Waals surface area (Å²) < 4.78 is 5.18. The maximum absolute atomic E-state index is 12.4. The van der Waals surface area contributed by atoms with Gasteiger partial charge in [0, 0.05) is 16.5 Å². The zero-order chi connectivity index (χ0) is 19.4. The van der Waals surface area contributed by atoms with Crippen molar-refractivity contribution in [3.8, 4) is 16.3 Å². The Bertz CT molecular complexity index is 907. The summed E-state index contributed by atoms with van der Waals surface area (Å²) in [4.78, 5) is 17.0. The highest BCUT2D eigenvalue weighted by atomic mass is 32.1.